The Kier molecular flexibility index (Phi) is 4.85. The fourth-order valence-electron chi connectivity index (χ4n) is 2.81. The molecular weight excluding hydrogens is 300 g/mol. The van der Waals surface area contributed by atoms with Gasteiger partial charge in [0.15, 0.2) is 6.61 Å². The van der Waals surface area contributed by atoms with Crippen molar-refractivity contribution >= 4 is 16.8 Å². The van der Waals surface area contributed by atoms with E-state index >= 15 is 0 Å². The Bertz CT molecular complexity index is 852. The van der Waals surface area contributed by atoms with E-state index in [0.717, 1.165) is 17.9 Å². The van der Waals surface area contributed by atoms with E-state index in [1.165, 1.54) is 16.5 Å². The van der Waals surface area contributed by atoms with Crippen molar-refractivity contribution in [3.05, 3.63) is 65.9 Å². The van der Waals surface area contributed by atoms with Crippen LogP contribution < -0.4 is 10.1 Å². The van der Waals surface area contributed by atoms with E-state index in [1.54, 1.807) is 0 Å². The smallest absolute Gasteiger partial charge is 0.258 e. The predicted molar refractivity (Wildman–Crippen MR) is 96.4 cm³/mol. The molecule has 0 bridgehead atoms. The van der Waals surface area contributed by atoms with Crippen molar-refractivity contribution in [2.75, 3.05) is 13.2 Å². The second-order valence-electron chi connectivity index (χ2n) is 5.98. The van der Waals surface area contributed by atoms with Gasteiger partial charge in [-0.2, -0.15) is 0 Å². The molecule has 1 N–H and O–H groups in total. The highest BCUT2D eigenvalue weighted by Gasteiger charge is 2.05. The summed E-state index contributed by atoms with van der Waals surface area (Å²) in [7, 11) is 0. The number of benzene rings is 2. The van der Waals surface area contributed by atoms with Crippen molar-refractivity contribution in [1.82, 2.24) is 9.88 Å². The van der Waals surface area contributed by atoms with Gasteiger partial charge in [0.25, 0.3) is 5.91 Å². The quantitative estimate of drug-likeness (QED) is 0.755. The maximum Gasteiger partial charge on any atom is 0.258 e. The number of nitrogens with one attached hydrogen (secondary N) is 1. The van der Waals surface area contributed by atoms with Crippen LogP contribution in [0.5, 0.6) is 5.75 Å². The van der Waals surface area contributed by atoms with E-state index < -0.39 is 0 Å². The first-order valence-corrected chi connectivity index (χ1v) is 8.14. The molecule has 4 heteroatoms. The van der Waals surface area contributed by atoms with E-state index in [4.69, 9.17) is 4.74 Å². The molecule has 0 spiro atoms. The van der Waals surface area contributed by atoms with E-state index in [1.807, 2.05) is 50.4 Å². The summed E-state index contributed by atoms with van der Waals surface area (Å²) in [5, 5.41) is 4.11. The molecule has 124 valence electrons. The largest absolute Gasteiger partial charge is 0.484 e. The highest BCUT2D eigenvalue weighted by molar-refractivity contribution is 5.80. The fraction of sp³-hybridized carbons (Fsp3) is 0.250. The summed E-state index contributed by atoms with van der Waals surface area (Å²) >= 11 is 0. The number of rotatable bonds is 6. The molecule has 0 aliphatic heterocycles. The van der Waals surface area contributed by atoms with Gasteiger partial charge in [0.05, 0.1) is 0 Å². The standard InChI is InChI=1S/C20H22N2O2/c1-15-7-8-19(16(2)13-15)24-14-20(23)21-10-12-22-11-9-17-5-3-4-6-18(17)22/h3-9,11,13H,10,12,14H2,1-2H3,(H,21,23). The summed E-state index contributed by atoms with van der Waals surface area (Å²) in [4.78, 5) is 11.9. The van der Waals surface area contributed by atoms with Gasteiger partial charge in [-0.05, 0) is 43.0 Å². The Morgan fingerprint density at radius 3 is 2.79 bits per heavy atom. The summed E-state index contributed by atoms with van der Waals surface area (Å²) in [5.41, 5.74) is 3.41. The lowest BCUT2D eigenvalue weighted by molar-refractivity contribution is -0.123. The molecule has 2 aromatic carbocycles. The molecule has 0 aliphatic carbocycles. The summed E-state index contributed by atoms with van der Waals surface area (Å²) in [5.74, 6) is 0.651. The Hall–Kier alpha value is -2.75. The predicted octanol–water partition coefficient (Wildman–Crippen LogP) is 3.45. The van der Waals surface area contributed by atoms with E-state index in [-0.39, 0.29) is 12.5 Å². The monoisotopic (exact) mass is 322 g/mol. The third-order valence-corrected chi connectivity index (χ3v) is 4.04. The molecule has 1 aromatic heterocycles. The molecule has 3 aromatic rings. The highest BCUT2D eigenvalue weighted by Crippen LogP contribution is 2.18. The van der Waals surface area contributed by atoms with Crippen LogP contribution in [0.4, 0.5) is 0 Å². The normalized spacial score (nSPS) is 10.8. The number of amides is 1. The van der Waals surface area contributed by atoms with Crippen molar-refractivity contribution in [1.29, 1.82) is 0 Å². The maximum absolute atomic E-state index is 11.9. The Morgan fingerprint density at radius 1 is 1.12 bits per heavy atom. The number of hydrogen-bond donors (Lipinski definition) is 1. The third-order valence-electron chi connectivity index (χ3n) is 4.04. The van der Waals surface area contributed by atoms with Crippen molar-refractivity contribution in [3.8, 4) is 5.75 Å². The van der Waals surface area contributed by atoms with Crippen molar-refractivity contribution in [2.45, 2.75) is 20.4 Å². The molecule has 0 atom stereocenters. The third kappa shape index (κ3) is 3.77. The molecule has 4 nitrogen and oxygen atoms in total. The first-order valence-electron chi connectivity index (χ1n) is 8.14. The second-order valence-corrected chi connectivity index (χ2v) is 5.98. The van der Waals surface area contributed by atoms with Gasteiger partial charge in [0, 0.05) is 24.8 Å². The van der Waals surface area contributed by atoms with Gasteiger partial charge in [0.2, 0.25) is 0 Å². The topological polar surface area (TPSA) is 43.3 Å². The Balaban J connectivity index is 1.47. The van der Waals surface area contributed by atoms with Crippen molar-refractivity contribution in [2.24, 2.45) is 0 Å². The number of carbonyl (C=O) groups excluding carboxylic acids is 1. The number of para-hydroxylation sites is 1. The van der Waals surface area contributed by atoms with E-state index in [9.17, 15) is 4.79 Å². The van der Waals surface area contributed by atoms with Crippen molar-refractivity contribution < 1.29 is 9.53 Å². The SMILES string of the molecule is Cc1ccc(OCC(=O)NCCn2ccc3ccccc32)c(C)c1. The summed E-state index contributed by atoms with van der Waals surface area (Å²) < 4.78 is 7.73. The molecule has 0 radical (unpaired) electrons. The van der Waals surface area contributed by atoms with Crippen LogP contribution in [0.3, 0.4) is 0 Å². The van der Waals surface area contributed by atoms with Crippen LogP contribution in [-0.2, 0) is 11.3 Å². The lowest BCUT2D eigenvalue weighted by Crippen LogP contribution is -2.31. The average molecular weight is 322 g/mol. The lowest BCUT2D eigenvalue weighted by Gasteiger charge is -2.11. The van der Waals surface area contributed by atoms with Gasteiger partial charge >= 0.3 is 0 Å². The summed E-state index contributed by atoms with van der Waals surface area (Å²) in [6.45, 7) is 5.37. The molecule has 0 saturated carbocycles. The van der Waals surface area contributed by atoms with Crippen LogP contribution in [0.2, 0.25) is 0 Å². The van der Waals surface area contributed by atoms with Gasteiger partial charge in [-0.1, -0.05) is 35.9 Å². The minimum Gasteiger partial charge on any atom is -0.484 e. The van der Waals surface area contributed by atoms with Crippen molar-refractivity contribution in [3.63, 3.8) is 0 Å². The summed E-state index contributed by atoms with van der Waals surface area (Å²) in [6, 6.07) is 16.2. The average Bonchev–Trinajstić information content (AvgIpc) is 2.97. The van der Waals surface area contributed by atoms with Crippen LogP contribution in [0.25, 0.3) is 10.9 Å². The first kappa shape index (κ1) is 16.1. The number of ether oxygens (including phenoxy) is 1. The zero-order valence-corrected chi connectivity index (χ0v) is 14.1. The molecule has 0 fully saturated rings. The molecule has 24 heavy (non-hydrogen) atoms. The van der Waals surface area contributed by atoms with Crippen LogP contribution in [0, 0.1) is 13.8 Å². The number of fused-ring (bicyclic) bond motifs is 1. The molecule has 0 saturated heterocycles. The number of nitrogens with zero attached hydrogens (tertiary/aromatic N) is 1. The first-order chi connectivity index (χ1) is 11.6. The van der Waals surface area contributed by atoms with Gasteiger partial charge in [-0.25, -0.2) is 0 Å². The molecule has 1 heterocycles. The Labute approximate surface area is 142 Å². The van der Waals surface area contributed by atoms with Crippen LogP contribution in [0.1, 0.15) is 11.1 Å². The van der Waals surface area contributed by atoms with Crippen LogP contribution in [-0.4, -0.2) is 23.6 Å². The minimum atomic E-state index is -0.105. The molecule has 0 aliphatic rings. The molecule has 1 amide bonds. The van der Waals surface area contributed by atoms with Gasteiger partial charge in [-0.15, -0.1) is 0 Å². The number of aromatic nitrogens is 1. The van der Waals surface area contributed by atoms with Crippen LogP contribution >= 0.6 is 0 Å². The van der Waals surface area contributed by atoms with Gasteiger partial charge < -0.3 is 14.6 Å². The zero-order valence-electron chi connectivity index (χ0n) is 14.1. The number of carbonyl (C=O) groups is 1. The van der Waals surface area contributed by atoms with Crippen LogP contribution in [0.15, 0.2) is 54.7 Å². The van der Waals surface area contributed by atoms with Gasteiger partial charge in [0.1, 0.15) is 5.75 Å². The number of hydrogen-bond acceptors (Lipinski definition) is 2. The van der Waals surface area contributed by atoms with Gasteiger partial charge in [-0.3, -0.25) is 4.79 Å². The van der Waals surface area contributed by atoms with E-state index in [2.05, 4.69) is 28.1 Å². The molecule has 0 unspecified atom stereocenters. The fourth-order valence-corrected chi connectivity index (χ4v) is 2.81. The van der Waals surface area contributed by atoms with E-state index in [0.29, 0.717) is 6.54 Å². The number of aryl methyl sites for hydroxylation is 2. The Morgan fingerprint density at radius 2 is 1.96 bits per heavy atom. The summed E-state index contributed by atoms with van der Waals surface area (Å²) in [6.07, 6.45) is 2.04. The zero-order chi connectivity index (χ0) is 16.9. The minimum absolute atomic E-state index is 0.0380. The molecular formula is C20H22N2O2. The lowest BCUT2D eigenvalue weighted by atomic mass is 10.1. The second kappa shape index (κ2) is 7.21. The highest BCUT2D eigenvalue weighted by atomic mass is 16.5. The maximum atomic E-state index is 11.9. The molecule has 3 rings (SSSR count).